The fourth-order valence-corrected chi connectivity index (χ4v) is 4.91. The van der Waals surface area contributed by atoms with Gasteiger partial charge in [-0.1, -0.05) is 36.4 Å². The van der Waals surface area contributed by atoms with Crippen molar-refractivity contribution in [3.63, 3.8) is 0 Å². The van der Waals surface area contributed by atoms with Crippen molar-refractivity contribution in [1.29, 1.82) is 0 Å². The Bertz CT molecular complexity index is 1450. The number of aromatic hydroxyl groups is 1. The molecule has 1 aliphatic heterocycles. The number of sulfone groups is 1. The molecule has 1 fully saturated rings. The molecule has 0 unspecified atom stereocenters. The molecule has 0 aliphatic carbocycles. The van der Waals surface area contributed by atoms with Crippen LogP contribution in [0.1, 0.15) is 11.1 Å². The molecule has 176 valence electrons. The number of fused-ring (bicyclic) bond motifs is 1. The van der Waals surface area contributed by atoms with Gasteiger partial charge in [-0.3, -0.25) is 0 Å². The molecule has 1 N–H and O–H groups in total. The smallest absolute Gasteiger partial charge is 0.228 e. The molecule has 0 atom stereocenters. The maximum absolute atomic E-state index is 11.7. The van der Waals surface area contributed by atoms with Crippen molar-refractivity contribution in [2.75, 3.05) is 37.5 Å². The fourth-order valence-electron chi connectivity index (χ4n) is 4.12. The van der Waals surface area contributed by atoms with Gasteiger partial charge in [0.2, 0.25) is 5.95 Å². The van der Waals surface area contributed by atoms with Gasteiger partial charge in [-0.05, 0) is 23.3 Å². The SMILES string of the molecule is CS(=O)(=O)Cc1cccc(Cn2cnc3c(-c4cccc(O)c4)nc(N4CCOCC4)nc32)c1. The summed E-state index contributed by atoms with van der Waals surface area (Å²) in [4.78, 5) is 16.4. The number of phenols is 1. The van der Waals surface area contributed by atoms with Crippen LogP contribution in [-0.2, 0) is 26.9 Å². The number of phenolic OH excluding ortho intramolecular Hbond substituents is 1. The molecule has 3 heterocycles. The van der Waals surface area contributed by atoms with Gasteiger partial charge < -0.3 is 19.3 Å². The highest BCUT2D eigenvalue weighted by Crippen LogP contribution is 2.30. The van der Waals surface area contributed by atoms with E-state index in [1.807, 2.05) is 34.9 Å². The zero-order valence-corrected chi connectivity index (χ0v) is 19.6. The van der Waals surface area contributed by atoms with Crippen LogP contribution in [-0.4, -0.2) is 65.6 Å². The van der Waals surface area contributed by atoms with Gasteiger partial charge in [0.05, 0.1) is 31.8 Å². The van der Waals surface area contributed by atoms with E-state index < -0.39 is 9.84 Å². The van der Waals surface area contributed by atoms with E-state index in [0.717, 1.165) is 16.7 Å². The van der Waals surface area contributed by atoms with Crippen molar-refractivity contribution < 1.29 is 18.3 Å². The van der Waals surface area contributed by atoms with E-state index >= 15 is 0 Å². The number of morpholine rings is 1. The number of aromatic nitrogens is 4. The summed E-state index contributed by atoms with van der Waals surface area (Å²) in [7, 11) is -3.12. The zero-order valence-electron chi connectivity index (χ0n) is 18.8. The highest BCUT2D eigenvalue weighted by atomic mass is 32.2. The summed E-state index contributed by atoms with van der Waals surface area (Å²) < 4.78 is 30.9. The monoisotopic (exact) mass is 479 g/mol. The predicted octanol–water partition coefficient (Wildman–Crippen LogP) is 2.63. The molecule has 0 spiro atoms. The minimum absolute atomic E-state index is 0.00346. The first kappa shape index (κ1) is 22.3. The Morgan fingerprint density at radius 3 is 2.56 bits per heavy atom. The Kier molecular flexibility index (Phi) is 5.93. The summed E-state index contributed by atoms with van der Waals surface area (Å²) in [6, 6.07) is 14.5. The van der Waals surface area contributed by atoms with Crippen LogP contribution in [0, 0.1) is 0 Å². The quantitative estimate of drug-likeness (QED) is 0.449. The second kappa shape index (κ2) is 9.03. The number of rotatable bonds is 6. The van der Waals surface area contributed by atoms with E-state index in [-0.39, 0.29) is 11.5 Å². The van der Waals surface area contributed by atoms with Gasteiger partial charge in [-0.25, -0.2) is 18.4 Å². The van der Waals surface area contributed by atoms with Gasteiger partial charge in [-0.15, -0.1) is 0 Å². The largest absolute Gasteiger partial charge is 0.508 e. The van der Waals surface area contributed by atoms with Crippen molar-refractivity contribution in [3.05, 3.63) is 66.0 Å². The molecule has 0 radical (unpaired) electrons. The Balaban J connectivity index is 1.58. The van der Waals surface area contributed by atoms with E-state index in [1.165, 1.54) is 6.26 Å². The lowest BCUT2D eigenvalue weighted by molar-refractivity contribution is 0.122. The molecule has 1 saturated heterocycles. The Morgan fingerprint density at radius 1 is 1.03 bits per heavy atom. The Hall–Kier alpha value is -3.50. The molecule has 0 bridgehead atoms. The number of imidazole rings is 1. The van der Waals surface area contributed by atoms with E-state index in [9.17, 15) is 13.5 Å². The molecule has 5 rings (SSSR count). The second-order valence-electron chi connectivity index (χ2n) is 8.46. The van der Waals surface area contributed by atoms with E-state index in [0.29, 0.717) is 55.7 Å². The topological polar surface area (TPSA) is 110 Å². The standard InChI is InChI=1S/C24H25N5O4S/c1-34(31,32)15-18-5-2-4-17(12-18)14-29-16-25-22-21(19-6-3-7-20(30)13-19)26-24(27-23(22)29)28-8-10-33-11-9-28/h2-7,12-13,16,30H,8-11,14-15H2,1H3. The molecular weight excluding hydrogens is 454 g/mol. The van der Waals surface area contributed by atoms with E-state index in [1.54, 1.807) is 24.5 Å². The van der Waals surface area contributed by atoms with Gasteiger partial charge in [-0.2, -0.15) is 4.98 Å². The number of hydrogen-bond acceptors (Lipinski definition) is 8. The summed E-state index contributed by atoms with van der Waals surface area (Å²) >= 11 is 0. The number of benzene rings is 2. The normalized spacial score (nSPS) is 14.6. The highest BCUT2D eigenvalue weighted by molar-refractivity contribution is 7.89. The molecule has 1 aliphatic rings. The fraction of sp³-hybridized carbons (Fsp3) is 0.292. The zero-order chi connectivity index (χ0) is 23.7. The first-order valence-corrected chi connectivity index (χ1v) is 13.0. The molecular formula is C24H25N5O4S. The summed E-state index contributed by atoms with van der Waals surface area (Å²) in [5.41, 5.74) is 4.40. The van der Waals surface area contributed by atoms with Crippen LogP contribution in [0.4, 0.5) is 5.95 Å². The van der Waals surface area contributed by atoms with Crippen LogP contribution in [0.2, 0.25) is 0 Å². The van der Waals surface area contributed by atoms with E-state index in [2.05, 4.69) is 9.88 Å². The predicted molar refractivity (Wildman–Crippen MR) is 130 cm³/mol. The molecule has 9 nitrogen and oxygen atoms in total. The summed E-state index contributed by atoms with van der Waals surface area (Å²) in [6.07, 6.45) is 2.95. The number of hydrogen-bond donors (Lipinski definition) is 1. The van der Waals surface area contributed by atoms with Crippen molar-refractivity contribution in [3.8, 4) is 17.0 Å². The maximum Gasteiger partial charge on any atom is 0.228 e. The third kappa shape index (κ3) is 4.87. The minimum Gasteiger partial charge on any atom is -0.508 e. The third-order valence-corrected chi connectivity index (χ3v) is 6.50. The van der Waals surface area contributed by atoms with Crippen molar-refractivity contribution >= 4 is 26.9 Å². The van der Waals surface area contributed by atoms with Gasteiger partial charge in [0.25, 0.3) is 0 Å². The molecule has 34 heavy (non-hydrogen) atoms. The van der Waals surface area contributed by atoms with E-state index in [4.69, 9.17) is 14.7 Å². The van der Waals surface area contributed by atoms with Crippen LogP contribution in [0.3, 0.4) is 0 Å². The van der Waals surface area contributed by atoms with Crippen LogP contribution in [0.25, 0.3) is 22.4 Å². The van der Waals surface area contributed by atoms with Crippen LogP contribution >= 0.6 is 0 Å². The average Bonchev–Trinajstić information content (AvgIpc) is 3.21. The molecule has 10 heteroatoms. The Morgan fingerprint density at radius 2 is 1.79 bits per heavy atom. The highest BCUT2D eigenvalue weighted by Gasteiger charge is 2.20. The Labute approximate surface area is 197 Å². The van der Waals surface area contributed by atoms with Gasteiger partial charge in [0.1, 0.15) is 17.0 Å². The van der Waals surface area contributed by atoms with Gasteiger partial charge in [0.15, 0.2) is 15.5 Å². The van der Waals surface area contributed by atoms with Gasteiger partial charge in [0, 0.05) is 24.9 Å². The lowest BCUT2D eigenvalue weighted by Crippen LogP contribution is -2.37. The van der Waals surface area contributed by atoms with Crippen LogP contribution < -0.4 is 4.90 Å². The second-order valence-corrected chi connectivity index (χ2v) is 10.6. The molecule has 0 saturated carbocycles. The number of anilines is 1. The summed E-state index contributed by atoms with van der Waals surface area (Å²) in [6.45, 7) is 3.07. The third-order valence-electron chi connectivity index (χ3n) is 5.64. The van der Waals surface area contributed by atoms with Crippen LogP contribution in [0.5, 0.6) is 5.75 Å². The first-order chi connectivity index (χ1) is 16.4. The molecule has 2 aromatic carbocycles. The van der Waals surface area contributed by atoms with Crippen LogP contribution in [0.15, 0.2) is 54.9 Å². The molecule has 0 amide bonds. The molecule has 4 aromatic rings. The minimum atomic E-state index is -3.12. The lowest BCUT2D eigenvalue weighted by atomic mass is 10.1. The number of ether oxygens (including phenoxy) is 1. The summed E-state index contributed by atoms with van der Waals surface area (Å²) in [5, 5.41) is 10.0. The van der Waals surface area contributed by atoms with Crippen molar-refractivity contribution in [2.45, 2.75) is 12.3 Å². The van der Waals surface area contributed by atoms with Crippen molar-refractivity contribution in [2.24, 2.45) is 0 Å². The first-order valence-electron chi connectivity index (χ1n) is 11.0. The average molecular weight is 480 g/mol. The lowest BCUT2D eigenvalue weighted by Gasteiger charge is -2.27. The van der Waals surface area contributed by atoms with Gasteiger partial charge >= 0.3 is 0 Å². The molecule has 2 aromatic heterocycles. The van der Waals surface area contributed by atoms with Crippen molar-refractivity contribution in [1.82, 2.24) is 19.5 Å². The maximum atomic E-state index is 11.7. The number of nitrogens with zero attached hydrogens (tertiary/aromatic N) is 5. The summed E-state index contributed by atoms with van der Waals surface area (Å²) in [5.74, 6) is 0.734.